The van der Waals surface area contributed by atoms with Crippen LogP contribution < -0.4 is 20.1 Å². The van der Waals surface area contributed by atoms with Crippen molar-refractivity contribution in [2.75, 3.05) is 25.6 Å². The highest BCUT2D eigenvalue weighted by atomic mass is 16.5. The Hall–Kier alpha value is -3.27. The van der Waals surface area contributed by atoms with Crippen LogP contribution in [0.1, 0.15) is 24.1 Å². The van der Waals surface area contributed by atoms with E-state index in [0.29, 0.717) is 31.1 Å². The molecule has 2 aliphatic rings. The van der Waals surface area contributed by atoms with Crippen LogP contribution in [0.25, 0.3) is 10.9 Å². The third-order valence-electron chi connectivity index (χ3n) is 6.31. The largest absolute Gasteiger partial charge is 0.497 e. The Balaban J connectivity index is 1.14. The molecular formula is C25H28N4O5. The lowest BCUT2D eigenvalue weighted by Crippen LogP contribution is -2.44. The van der Waals surface area contributed by atoms with Gasteiger partial charge in [0.15, 0.2) is 18.2 Å². The Morgan fingerprint density at radius 3 is 3.00 bits per heavy atom. The predicted molar refractivity (Wildman–Crippen MR) is 126 cm³/mol. The van der Waals surface area contributed by atoms with E-state index in [0.717, 1.165) is 40.8 Å². The zero-order valence-corrected chi connectivity index (χ0v) is 19.0. The molecule has 1 amide bonds. The van der Waals surface area contributed by atoms with Crippen LogP contribution in [0.2, 0.25) is 0 Å². The fraction of sp³-hybridized carbons (Fsp3) is 0.400. The third kappa shape index (κ3) is 4.96. The fourth-order valence-electron chi connectivity index (χ4n) is 4.43. The average Bonchev–Trinajstić information content (AvgIpc) is 2.87. The number of rotatable bonds is 7. The molecule has 5 rings (SSSR count). The van der Waals surface area contributed by atoms with E-state index < -0.39 is 6.10 Å². The summed E-state index contributed by atoms with van der Waals surface area (Å²) < 4.78 is 16.7. The molecule has 0 radical (unpaired) electrons. The highest BCUT2D eigenvalue weighted by molar-refractivity contribution is 5.94. The number of aliphatic hydroxyl groups excluding tert-OH is 1. The number of fused-ring (bicyclic) bond motifs is 2. The van der Waals surface area contributed by atoms with E-state index in [1.54, 1.807) is 13.3 Å². The van der Waals surface area contributed by atoms with Gasteiger partial charge in [0.1, 0.15) is 5.75 Å². The summed E-state index contributed by atoms with van der Waals surface area (Å²) in [5.74, 6) is 1.61. The highest BCUT2D eigenvalue weighted by Gasteiger charge is 2.28. The molecule has 178 valence electrons. The number of methoxy groups -OCH3 is 1. The van der Waals surface area contributed by atoms with Crippen molar-refractivity contribution in [1.82, 2.24) is 15.3 Å². The molecule has 2 aliphatic heterocycles. The van der Waals surface area contributed by atoms with Gasteiger partial charge >= 0.3 is 0 Å². The summed E-state index contributed by atoms with van der Waals surface area (Å²) in [5.41, 5.74) is 2.71. The van der Waals surface area contributed by atoms with E-state index in [9.17, 15) is 9.90 Å². The number of carbonyl (C=O) groups is 1. The van der Waals surface area contributed by atoms with Gasteiger partial charge in [-0.15, -0.1) is 0 Å². The van der Waals surface area contributed by atoms with Gasteiger partial charge in [0.2, 0.25) is 0 Å². The molecule has 3 aromatic rings. The zero-order valence-electron chi connectivity index (χ0n) is 19.0. The SMILES string of the molecule is COc1ccc2nccc(CC(O)[C@@H]3CC[C@@H](NCc4ccc5c(n4)NC(=O)CO5)CO3)c2c1. The smallest absolute Gasteiger partial charge is 0.263 e. The molecular weight excluding hydrogens is 436 g/mol. The first-order valence-corrected chi connectivity index (χ1v) is 11.5. The number of anilines is 1. The first-order valence-electron chi connectivity index (χ1n) is 11.5. The maximum absolute atomic E-state index is 11.5. The minimum atomic E-state index is -0.608. The van der Waals surface area contributed by atoms with E-state index in [1.165, 1.54) is 0 Å². The second kappa shape index (κ2) is 9.92. The molecule has 0 saturated carbocycles. The summed E-state index contributed by atoms with van der Waals surface area (Å²) in [6, 6.07) is 11.6. The van der Waals surface area contributed by atoms with E-state index in [-0.39, 0.29) is 24.7 Å². The summed E-state index contributed by atoms with van der Waals surface area (Å²) in [6.07, 6.45) is 3.07. The fourth-order valence-corrected chi connectivity index (χ4v) is 4.43. The van der Waals surface area contributed by atoms with E-state index in [4.69, 9.17) is 14.2 Å². The van der Waals surface area contributed by atoms with Gasteiger partial charge in [-0.05, 0) is 54.8 Å². The lowest BCUT2D eigenvalue weighted by molar-refractivity contribution is -0.118. The average molecular weight is 465 g/mol. The Bertz CT molecular complexity index is 1180. The van der Waals surface area contributed by atoms with E-state index in [1.807, 2.05) is 36.4 Å². The lowest BCUT2D eigenvalue weighted by atomic mass is 9.95. The molecule has 9 heteroatoms. The topological polar surface area (TPSA) is 115 Å². The molecule has 0 spiro atoms. The number of aromatic nitrogens is 2. The summed E-state index contributed by atoms with van der Waals surface area (Å²) >= 11 is 0. The van der Waals surface area contributed by atoms with E-state index >= 15 is 0 Å². The first kappa shape index (κ1) is 22.5. The molecule has 0 bridgehead atoms. The maximum atomic E-state index is 11.5. The van der Waals surface area contributed by atoms with Crippen LogP contribution in [-0.2, 0) is 22.5 Å². The van der Waals surface area contributed by atoms with Crippen LogP contribution in [0.15, 0.2) is 42.6 Å². The van der Waals surface area contributed by atoms with Gasteiger partial charge in [0.25, 0.3) is 5.91 Å². The standard InChI is InChI=1S/C25H28N4O5/c1-32-18-4-5-20-19(11-18)15(8-9-26-20)10-21(30)22-6-3-17(13-33-22)27-12-16-2-7-23-25(28-16)29-24(31)14-34-23/h2,4-5,7-9,11,17,21-22,27,30H,3,6,10,12-14H2,1H3,(H,28,29,31)/t17-,21?,22+/m1/s1. The van der Waals surface area contributed by atoms with Crippen molar-refractivity contribution in [2.45, 2.75) is 44.1 Å². The van der Waals surface area contributed by atoms with Gasteiger partial charge in [-0.3, -0.25) is 9.78 Å². The van der Waals surface area contributed by atoms with Crippen molar-refractivity contribution in [2.24, 2.45) is 0 Å². The predicted octanol–water partition coefficient (Wildman–Crippen LogP) is 2.21. The second-order valence-corrected chi connectivity index (χ2v) is 8.64. The van der Waals surface area contributed by atoms with Crippen molar-refractivity contribution in [3.63, 3.8) is 0 Å². The molecule has 3 N–H and O–H groups in total. The molecule has 9 nitrogen and oxygen atoms in total. The van der Waals surface area contributed by atoms with Gasteiger partial charge in [-0.25, -0.2) is 4.98 Å². The summed E-state index contributed by atoms with van der Waals surface area (Å²) in [4.78, 5) is 20.4. The molecule has 0 aliphatic carbocycles. The van der Waals surface area contributed by atoms with Gasteiger partial charge in [0.05, 0.1) is 37.1 Å². The van der Waals surface area contributed by atoms with Crippen LogP contribution in [0.5, 0.6) is 11.5 Å². The summed E-state index contributed by atoms with van der Waals surface area (Å²) in [7, 11) is 1.64. The maximum Gasteiger partial charge on any atom is 0.263 e. The number of hydrogen-bond donors (Lipinski definition) is 3. The number of nitrogens with one attached hydrogen (secondary N) is 2. The van der Waals surface area contributed by atoms with Crippen molar-refractivity contribution in [1.29, 1.82) is 0 Å². The van der Waals surface area contributed by atoms with Crippen LogP contribution in [-0.4, -0.2) is 59.6 Å². The monoisotopic (exact) mass is 464 g/mol. The normalized spacial score (nSPS) is 20.8. The molecule has 34 heavy (non-hydrogen) atoms. The molecule has 1 aromatic carbocycles. The zero-order chi connectivity index (χ0) is 23.5. The number of hydrogen-bond acceptors (Lipinski definition) is 8. The lowest BCUT2D eigenvalue weighted by Gasteiger charge is -2.32. The summed E-state index contributed by atoms with van der Waals surface area (Å²) in [6.45, 7) is 1.08. The number of benzene rings is 1. The Labute approximate surface area is 197 Å². The molecule has 1 saturated heterocycles. The van der Waals surface area contributed by atoms with Crippen LogP contribution in [0, 0.1) is 0 Å². The number of nitrogens with zero attached hydrogens (tertiary/aromatic N) is 2. The highest BCUT2D eigenvalue weighted by Crippen LogP contribution is 2.27. The van der Waals surface area contributed by atoms with E-state index in [2.05, 4.69) is 20.6 Å². The van der Waals surface area contributed by atoms with Crippen molar-refractivity contribution < 1.29 is 24.1 Å². The molecule has 1 unspecified atom stereocenters. The number of ether oxygens (including phenoxy) is 3. The van der Waals surface area contributed by atoms with Gasteiger partial charge < -0.3 is 30.0 Å². The van der Waals surface area contributed by atoms with Crippen molar-refractivity contribution in [3.8, 4) is 11.5 Å². The van der Waals surface area contributed by atoms with Gasteiger partial charge in [-0.2, -0.15) is 0 Å². The number of carbonyl (C=O) groups excluding carboxylic acids is 1. The van der Waals surface area contributed by atoms with Gasteiger partial charge in [0, 0.05) is 30.6 Å². The molecule has 3 atom stereocenters. The first-order chi connectivity index (χ1) is 16.6. The molecule has 4 heterocycles. The Morgan fingerprint density at radius 1 is 1.26 bits per heavy atom. The van der Waals surface area contributed by atoms with Crippen LogP contribution in [0.3, 0.4) is 0 Å². The molecule has 2 aromatic heterocycles. The Kier molecular flexibility index (Phi) is 6.57. The Morgan fingerprint density at radius 2 is 2.18 bits per heavy atom. The quantitative estimate of drug-likeness (QED) is 0.488. The second-order valence-electron chi connectivity index (χ2n) is 8.64. The summed E-state index contributed by atoms with van der Waals surface area (Å²) in [5, 5.41) is 18.1. The number of amides is 1. The number of aliphatic hydroxyl groups is 1. The third-order valence-corrected chi connectivity index (χ3v) is 6.31. The van der Waals surface area contributed by atoms with Crippen molar-refractivity contribution >= 4 is 22.6 Å². The van der Waals surface area contributed by atoms with Crippen LogP contribution in [0.4, 0.5) is 5.82 Å². The molecule has 1 fully saturated rings. The van der Waals surface area contributed by atoms with Crippen LogP contribution >= 0.6 is 0 Å². The van der Waals surface area contributed by atoms with Crippen molar-refractivity contribution in [3.05, 3.63) is 53.9 Å². The number of pyridine rings is 2. The minimum Gasteiger partial charge on any atom is -0.497 e. The minimum absolute atomic E-state index is 0.0181. The van der Waals surface area contributed by atoms with Gasteiger partial charge in [-0.1, -0.05) is 0 Å².